The van der Waals surface area contributed by atoms with Gasteiger partial charge in [-0.05, 0) is 62.7 Å². The Morgan fingerprint density at radius 3 is 2.44 bits per heavy atom. The van der Waals surface area contributed by atoms with Gasteiger partial charge in [0.1, 0.15) is 17.3 Å². The summed E-state index contributed by atoms with van der Waals surface area (Å²) in [6.45, 7) is 5.47. The third kappa shape index (κ3) is 3.83. The molecular formula is C27H19N3O3S. The number of nitriles is 2. The first-order valence-corrected chi connectivity index (χ1v) is 11.4. The summed E-state index contributed by atoms with van der Waals surface area (Å²) >= 11 is 1.53. The summed E-state index contributed by atoms with van der Waals surface area (Å²) in [5, 5.41) is 20.2. The molecule has 0 aliphatic carbocycles. The Kier molecular flexibility index (Phi) is 5.01. The first kappa shape index (κ1) is 21.5. The number of hydrogen-bond donors (Lipinski definition) is 0. The minimum Gasteiger partial charge on any atom is -0.446 e. The van der Waals surface area contributed by atoms with Gasteiger partial charge < -0.3 is 9.15 Å². The summed E-state index contributed by atoms with van der Waals surface area (Å²) in [6.07, 6.45) is -0.497. The number of fused-ring (bicyclic) bond motifs is 2. The highest BCUT2D eigenvalue weighted by Crippen LogP contribution is 2.38. The van der Waals surface area contributed by atoms with E-state index in [0.717, 1.165) is 26.1 Å². The maximum absolute atomic E-state index is 13.2. The number of nitrogens with zero attached hydrogens (tertiary/aromatic N) is 3. The lowest BCUT2D eigenvalue weighted by Gasteiger charge is -2.20. The summed E-state index contributed by atoms with van der Waals surface area (Å²) in [7, 11) is 0. The molecule has 7 heteroatoms. The lowest BCUT2D eigenvalue weighted by Crippen LogP contribution is -2.27. The summed E-state index contributed by atoms with van der Waals surface area (Å²) in [5.41, 5.74) is 2.72. The van der Waals surface area contributed by atoms with Crippen molar-refractivity contribution in [3.05, 3.63) is 72.0 Å². The van der Waals surface area contributed by atoms with Gasteiger partial charge in [0.05, 0.1) is 27.7 Å². The van der Waals surface area contributed by atoms with Gasteiger partial charge in [0, 0.05) is 21.7 Å². The zero-order valence-corrected chi connectivity index (χ0v) is 19.6. The standard InChI is InChI=1S/C27H19N3O3S/c1-27(2,3)33-26(31)30-21-10-16(14-28)4-5-17(21)12-22(30)25-9-8-24(34-25)19-7-6-18-11-20(15-29)32-23(18)13-19/h4-13H,1-3H3. The summed E-state index contributed by atoms with van der Waals surface area (Å²) < 4.78 is 12.8. The van der Waals surface area contributed by atoms with Crippen LogP contribution in [0.25, 0.3) is 42.9 Å². The molecule has 0 aliphatic rings. The molecule has 2 aromatic carbocycles. The number of hydrogen-bond acceptors (Lipinski definition) is 6. The topological polar surface area (TPSA) is 91.9 Å². The fraction of sp³-hybridized carbons (Fsp3) is 0.148. The molecule has 166 valence electrons. The van der Waals surface area contributed by atoms with Crippen molar-refractivity contribution in [2.45, 2.75) is 26.4 Å². The average Bonchev–Trinajstić information content (AvgIpc) is 3.52. The van der Waals surface area contributed by atoms with Crippen molar-refractivity contribution in [3.8, 4) is 33.2 Å². The molecule has 0 radical (unpaired) electrons. The Labute approximate surface area is 199 Å². The van der Waals surface area contributed by atoms with Crippen molar-refractivity contribution in [2.24, 2.45) is 0 Å². The van der Waals surface area contributed by atoms with Crippen LogP contribution in [0.1, 0.15) is 32.1 Å². The van der Waals surface area contributed by atoms with Crippen LogP contribution in [0, 0.1) is 22.7 Å². The van der Waals surface area contributed by atoms with Gasteiger partial charge in [-0.25, -0.2) is 9.36 Å². The zero-order valence-electron chi connectivity index (χ0n) is 18.7. The minimum absolute atomic E-state index is 0.276. The van der Waals surface area contributed by atoms with E-state index in [1.54, 1.807) is 18.2 Å². The number of furan rings is 1. The lowest BCUT2D eigenvalue weighted by atomic mass is 10.1. The second-order valence-electron chi connectivity index (χ2n) is 8.87. The van der Waals surface area contributed by atoms with E-state index in [4.69, 9.17) is 14.4 Å². The average molecular weight is 466 g/mol. The van der Waals surface area contributed by atoms with Crippen molar-refractivity contribution < 1.29 is 13.9 Å². The molecule has 34 heavy (non-hydrogen) atoms. The molecule has 0 aliphatic heterocycles. The first-order valence-electron chi connectivity index (χ1n) is 10.6. The molecular weight excluding hydrogens is 446 g/mol. The molecule has 0 saturated carbocycles. The van der Waals surface area contributed by atoms with Crippen LogP contribution in [0.2, 0.25) is 0 Å². The Morgan fingerprint density at radius 1 is 0.941 bits per heavy atom. The molecule has 5 aromatic rings. The van der Waals surface area contributed by atoms with Crippen LogP contribution >= 0.6 is 11.3 Å². The summed E-state index contributed by atoms with van der Waals surface area (Å²) in [6, 6.07) is 22.9. The van der Waals surface area contributed by atoms with E-state index in [1.165, 1.54) is 15.9 Å². The van der Waals surface area contributed by atoms with Crippen molar-refractivity contribution >= 4 is 39.3 Å². The molecule has 0 atom stereocenters. The van der Waals surface area contributed by atoms with Crippen LogP contribution < -0.4 is 0 Å². The van der Waals surface area contributed by atoms with Crippen LogP contribution in [0.5, 0.6) is 0 Å². The molecule has 0 amide bonds. The van der Waals surface area contributed by atoms with E-state index in [-0.39, 0.29) is 5.76 Å². The molecule has 0 N–H and O–H groups in total. The highest BCUT2D eigenvalue weighted by Gasteiger charge is 2.24. The quantitative estimate of drug-likeness (QED) is 0.272. The van der Waals surface area contributed by atoms with Gasteiger partial charge in [0.15, 0.2) is 0 Å². The number of aromatic nitrogens is 1. The lowest BCUT2D eigenvalue weighted by molar-refractivity contribution is 0.0547. The normalized spacial score (nSPS) is 11.4. The van der Waals surface area contributed by atoms with Gasteiger partial charge in [0.25, 0.3) is 0 Å². The van der Waals surface area contributed by atoms with E-state index in [2.05, 4.69) is 6.07 Å². The van der Waals surface area contributed by atoms with Gasteiger partial charge in [-0.2, -0.15) is 10.5 Å². The highest BCUT2D eigenvalue weighted by molar-refractivity contribution is 7.18. The molecule has 0 unspecified atom stereocenters. The van der Waals surface area contributed by atoms with E-state index in [0.29, 0.717) is 22.4 Å². The highest BCUT2D eigenvalue weighted by atomic mass is 32.1. The van der Waals surface area contributed by atoms with Gasteiger partial charge in [-0.3, -0.25) is 0 Å². The molecule has 0 fully saturated rings. The smallest absolute Gasteiger partial charge is 0.419 e. The number of carbonyl (C=O) groups is 1. The second-order valence-corrected chi connectivity index (χ2v) is 9.95. The zero-order chi connectivity index (χ0) is 24.0. The molecule has 5 rings (SSSR count). The number of ether oxygens (including phenoxy) is 1. The van der Waals surface area contributed by atoms with Gasteiger partial charge >= 0.3 is 6.09 Å². The number of rotatable bonds is 2. The maximum atomic E-state index is 13.2. The van der Waals surface area contributed by atoms with Crippen molar-refractivity contribution in [2.75, 3.05) is 0 Å². The SMILES string of the molecule is CC(C)(C)OC(=O)n1c(-c2ccc(-c3ccc4cc(C#N)oc4c3)s2)cc2ccc(C#N)cc21. The monoisotopic (exact) mass is 465 g/mol. The van der Waals surface area contributed by atoms with Crippen molar-refractivity contribution in [1.82, 2.24) is 4.57 Å². The van der Waals surface area contributed by atoms with Gasteiger partial charge in [-0.15, -0.1) is 11.3 Å². The number of carbonyl (C=O) groups excluding carboxylic acids is 1. The van der Waals surface area contributed by atoms with Crippen LogP contribution in [0.4, 0.5) is 4.79 Å². The third-order valence-corrected chi connectivity index (χ3v) is 6.44. The summed E-state index contributed by atoms with van der Waals surface area (Å²) in [4.78, 5) is 15.1. The third-order valence-electron chi connectivity index (χ3n) is 5.28. The number of thiophene rings is 1. The number of benzene rings is 2. The molecule has 3 heterocycles. The molecule has 0 spiro atoms. The Morgan fingerprint density at radius 2 is 1.71 bits per heavy atom. The first-order chi connectivity index (χ1) is 16.3. The van der Waals surface area contributed by atoms with Crippen molar-refractivity contribution in [1.29, 1.82) is 10.5 Å². The Balaban J connectivity index is 1.62. The molecule has 0 saturated heterocycles. The predicted molar refractivity (Wildman–Crippen MR) is 132 cm³/mol. The predicted octanol–water partition coefficient (Wildman–Crippen LogP) is 7.31. The maximum Gasteiger partial charge on any atom is 0.419 e. The Hall–Kier alpha value is -4.33. The van der Waals surface area contributed by atoms with Crippen LogP contribution in [0.3, 0.4) is 0 Å². The molecule has 0 bridgehead atoms. The van der Waals surface area contributed by atoms with Crippen molar-refractivity contribution in [3.63, 3.8) is 0 Å². The molecule has 6 nitrogen and oxygen atoms in total. The Bertz CT molecular complexity index is 1670. The van der Waals surface area contributed by atoms with Gasteiger partial charge in [-0.1, -0.05) is 18.2 Å². The molecule has 3 aromatic heterocycles. The van der Waals surface area contributed by atoms with Gasteiger partial charge in [0.2, 0.25) is 5.76 Å². The fourth-order valence-corrected chi connectivity index (χ4v) is 4.84. The van der Waals surface area contributed by atoms with Crippen LogP contribution in [-0.4, -0.2) is 16.3 Å². The largest absolute Gasteiger partial charge is 0.446 e. The van der Waals surface area contributed by atoms with E-state index in [9.17, 15) is 10.1 Å². The van der Waals surface area contributed by atoms with Crippen LogP contribution in [-0.2, 0) is 4.74 Å². The summed E-state index contributed by atoms with van der Waals surface area (Å²) in [5.74, 6) is 0.276. The van der Waals surface area contributed by atoms with Crippen LogP contribution in [0.15, 0.2) is 65.1 Å². The minimum atomic E-state index is -0.668. The van der Waals surface area contributed by atoms with E-state index < -0.39 is 11.7 Å². The van der Waals surface area contributed by atoms with E-state index >= 15 is 0 Å². The second kappa shape index (κ2) is 7.91. The fourth-order valence-electron chi connectivity index (χ4n) is 3.83. The van der Waals surface area contributed by atoms with E-state index in [1.807, 2.05) is 69.3 Å².